The number of aromatic nitrogens is 3. The Morgan fingerprint density at radius 2 is 1.92 bits per heavy atom. The molecule has 3 rings (SSSR count). The SMILES string of the molecule is C[C@H](SCc1ccccc1)C(=O)N(C)Cc1nnc2ccccn12. The molecule has 0 aliphatic heterocycles. The molecule has 0 radical (unpaired) electrons. The lowest BCUT2D eigenvalue weighted by Gasteiger charge is -2.20. The number of nitrogens with zero attached hydrogens (tertiary/aromatic N) is 4. The highest BCUT2D eigenvalue weighted by Gasteiger charge is 2.19. The van der Waals surface area contributed by atoms with E-state index in [-0.39, 0.29) is 11.2 Å². The van der Waals surface area contributed by atoms with Crippen LogP contribution in [0.3, 0.4) is 0 Å². The third-order valence-corrected chi connectivity index (χ3v) is 5.03. The minimum Gasteiger partial charge on any atom is -0.337 e. The first-order chi connectivity index (χ1) is 11.6. The van der Waals surface area contributed by atoms with Crippen molar-refractivity contribution >= 4 is 23.3 Å². The molecule has 24 heavy (non-hydrogen) atoms. The highest BCUT2D eigenvalue weighted by molar-refractivity contribution is 7.99. The maximum atomic E-state index is 12.6. The Kier molecular flexibility index (Phi) is 5.15. The maximum Gasteiger partial charge on any atom is 0.235 e. The van der Waals surface area contributed by atoms with E-state index < -0.39 is 0 Å². The summed E-state index contributed by atoms with van der Waals surface area (Å²) >= 11 is 1.65. The molecule has 2 heterocycles. The summed E-state index contributed by atoms with van der Waals surface area (Å²) in [7, 11) is 1.81. The van der Waals surface area contributed by atoms with E-state index in [1.165, 1.54) is 5.56 Å². The Balaban J connectivity index is 1.59. The molecule has 0 saturated carbocycles. The molecule has 124 valence electrons. The number of thioether (sulfide) groups is 1. The Hall–Kier alpha value is -2.34. The van der Waals surface area contributed by atoms with Crippen LogP contribution >= 0.6 is 11.8 Å². The second-order valence-electron chi connectivity index (χ2n) is 5.68. The lowest BCUT2D eigenvalue weighted by atomic mass is 10.2. The van der Waals surface area contributed by atoms with Crippen LogP contribution in [0.15, 0.2) is 54.7 Å². The van der Waals surface area contributed by atoms with Crippen LogP contribution in [0, 0.1) is 0 Å². The number of benzene rings is 1. The molecule has 3 aromatic rings. The van der Waals surface area contributed by atoms with E-state index in [4.69, 9.17) is 0 Å². The highest BCUT2D eigenvalue weighted by Crippen LogP contribution is 2.19. The summed E-state index contributed by atoms with van der Waals surface area (Å²) in [6, 6.07) is 15.9. The third kappa shape index (κ3) is 3.76. The molecular weight excluding hydrogens is 320 g/mol. The van der Waals surface area contributed by atoms with Gasteiger partial charge in [-0.25, -0.2) is 0 Å². The van der Waals surface area contributed by atoms with Gasteiger partial charge in [-0.05, 0) is 24.6 Å². The molecule has 0 bridgehead atoms. The molecule has 1 atom stereocenters. The van der Waals surface area contributed by atoms with Crippen molar-refractivity contribution in [2.45, 2.75) is 24.5 Å². The van der Waals surface area contributed by atoms with Crippen molar-refractivity contribution in [1.29, 1.82) is 0 Å². The molecule has 0 aliphatic rings. The fraction of sp³-hybridized carbons (Fsp3) is 0.278. The largest absolute Gasteiger partial charge is 0.337 e. The fourth-order valence-electron chi connectivity index (χ4n) is 2.47. The number of hydrogen-bond acceptors (Lipinski definition) is 4. The normalized spacial score (nSPS) is 12.2. The van der Waals surface area contributed by atoms with Gasteiger partial charge in [0.15, 0.2) is 11.5 Å². The number of carbonyl (C=O) groups excluding carboxylic acids is 1. The first-order valence-corrected chi connectivity index (χ1v) is 8.89. The van der Waals surface area contributed by atoms with Crippen molar-refractivity contribution in [2.24, 2.45) is 0 Å². The van der Waals surface area contributed by atoms with Crippen molar-refractivity contribution in [3.05, 3.63) is 66.1 Å². The van der Waals surface area contributed by atoms with Crippen LogP contribution in [0.4, 0.5) is 0 Å². The molecule has 5 nitrogen and oxygen atoms in total. The van der Waals surface area contributed by atoms with Crippen molar-refractivity contribution in [2.75, 3.05) is 7.05 Å². The summed E-state index contributed by atoms with van der Waals surface area (Å²) in [5, 5.41) is 8.20. The summed E-state index contributed by atoms with van der Waals surface area (Å²) in [5.41, 5.74) is 2.02. The van der Waals surface area contributed by atoms with Gasteiger partial charge in [0, 0.05) is 19.0 Å². The Bertz CT molecular complexity index is 818. The van der Waals surface area contributed by atoms with Crippen LogP contribution in [0.1, 0.15) is 18.3 Å². The predicted molar refractivity (Wildman–Crippen MR) is 96.7 cm³/mol. The van der Waals surface area contributed by atoms with Crippen LogP contribution in [0.2, 0.25) is 0 Å². The minimum atomic E-state index is -0.102. The van der Waals surface area contributed by atoms with E-state index in [0.29, 0.717) is 6.54 Å². The Labute approximate surface area is 145 Å². The van der Waals surface area contributed by atoms with Gasteiger partial charge in [0.2, 0.25) is 5.91 Å². The molecule has 0 fully saturated rings. The highest BCUT2D eigenvalue weighted by atomic mass is 32.2. The third-order valence-electron chi connectivity index (χ3n) is 3.83. The van der Waals surface area contributed by atoms with Gasteiger partial charge in [0.05, 0.1) is 11.8 Å². The summed E-state index contributed by atoms with van der Waals surface area (Å²) < 4.78 is 1.91. The smallest absolute Gasteiger partial charge is 0.235 e. The molecule has 0 unspecified atom stereocenters. The summed E-state index contributed by atoms with van der Waals surface area (Å²) in [4.78, 5) is 14.3. The lowest BCUT2D eigenvalue weighted by Crippen LogP contribution is -2.33. The van der Waals surface area contributed by atoms with Crippen molar-refractivity contribution in [3.63, 3.8) is 0 Å². The molecule has 0 spiro atoms. The average molecular weight is 340 g/mol. The molecular formula is C18H20N4OS. The first kappa shape index (κ1) is 16.5. The van der Waals surface area contributed by atoms with Crippen LogP contribution in [0.5, 0.6) is 0 Å². The topological polar surface area (TPSA) is 50.5 Å². The summed E-state index contributed by atoms with van der Waals surface area (Å²) in [6.07, 6.45) is 1.91. The molecule has 0 saturated heterocycles. The van der Waals surface area contributed by atoms with Crippen LogP contribution in [-0.2, 0) is 17.1 Å². The first-order valence-electron chi connectivity index (χ1n) is 7.84. The second kappa shape index (κ2) is 7.49. The zero-order valence-electron chi connectivity index (χ0n) is 13.8. The van der Waals surface area contributed by atoms with Crippen LogP contribution in [-0.4, -0.2) is 37.7 Å². The van der Waals surface area contributed by atoms with Gasteiger partial charge in [0.25, 0.3) is 0 Å². The molecule has 1 amide bonds. The van der Waals surface area contributed by atoms with Crippen molar-refractivity contribution in [3.8, 4) is 0 Å². The molecule has 6 heteroatoms. The van der Waals surface area contributed by atoms with Gasteiger partial charge in [-0.1, -0.05) is 36.4 Å². The Morgan fingerprint density at radius 3 is 2.71 bits per heavy atom. The van der Waals surface area contributed by atoms with Crippen LogP contribution in [0.25, 0.3) is 5.65 Å². The molecule has 0 N–H and O–H groups in total. The molecule has 0 aliphatic carbocycles. The number of pyridine rings is 1. The fourth-order valence-corrected chi connectivity index (χ4v) is 3.42. The quantitative estimate of drug-likeness (QED) is 0.692. The van der Waals surface area contributed by atoms with Gasteiger partial charge in [-0.15, -0.1) is 22.0 Å². The maximum absolute atomic E-state index is 12.6. The number of hydrogen-bond donors (Lipinski definition) is 0. The van der Waals surface area contributed by atoms with E-state index in [0.717, 1.165) is 17.2 Å². The van der Waals surface area contributed by atoms with Gasteiger partial charge >= 0.3 is 0 Å². The van der Waals surface area contributed by atoms with E-state index >= 15 is 0 Å². The van der Waals surface area contributed by atoms with Gasteiger partial charge in [-0.2, -0.15) is 0 Å². The number of rotatable bonds is 6. The number of fused-ring (bicyclic) bond motifs is 1. The van der Waals surface area contributed by atoms with Gasteiger partial charge in [-0.3, -0.25) is 9.20 Å². The second-order valence-corrected chi connectivity index (χ2v) is 7.01. The predicted octanol–water partition coefficient (Wildman–Crippen LogP) is 3.01. The Morgan fingerprint density at radius 1 is 1.17 bits per heavy atom. The monoisotopic (exact) mass is 340 g/mol. The van der Waals surface area contributed by atoms with Crippen molar-refractivity contribution in [1.82, 2.24) is 19.5 Å². The van der Waals surface area contributed by atoms with Crippen LogP contribution < -0.4 is 0 Å². The lowest BCUT2D eigenvalue weighted by molar-refractivity contribution is -0.129. The average Bonchev–Trinajstić information content (AvgIpc) is 3.03. The van der Waals surface area contributed by atoms with E-state index in [1.54, 1.807) is 16.7 Å². The number of amides is 1. The van der Waals surface area contributed by atoms with E-state index in [2.05, 4.69) is 22.3 Å². The van der Waals surface area contributed by atoms with E-state index in [9.17, 15) is 4.79 Å². The minimum absolute atomic E-state index is 0.101. The zero-order valence-corrected chi connectivity index (χ0v) is 14.6. The number of carbonyl (C=O) groups is 1. The summed E-state index contributed by atoms with van der Waals surface area (Å²) in [6.45, 7) is 2.40. The molecule has 2 aromatic heterocycles. The summed E-state index contributed by atoms with van der Waals surface area (Å²) in [5.74, 6) is 1.69. The zero-order chi connectivity index (χ0) is 16.9. The van der Waals surface area contributed by atoms with E-state index in [1.807, 2.05) is 61.0 Å². The molecule has 1 aromatic carbocycles. The standard InChI is InChI=1S/C18H20N4OS/c1-14(24-13-15-8-4-3-5-9-15)18(23)21(2)12-17-20-19-16-10-6-7-11-22(16)17/h3-11,14H,12-13H2,1-2H3/t14-/m0/s1. The van der Waals surface area contributed by atoms with Crippen molar-refractivity contribution < 1.29 is 4.79 Å². The van der Waals surface area contributed by atoms with Gasteiger partial charge < -0.3 is 4.90 Å². The van der Waals surface area contributed by atoms with Gasteiger partial charge in [0.1, 0.15) is 0 Å².